The van der Waals surface area contributed by atoms with Crippen LogP contribution in [0.1, 0.15) is 0 Å². The Morgan fingerprint density at radius 3 is 3.00 bits per heavy atom. The van der Waals surface area contributed by atoms with Gasteiger partial charge in [-0.15, -0.1) is 0 Å². The zero-order valence-corrected chi connectivity index (χ0v) is 6.37. The van der Waals surface area contributed by atoms with E-state index in [1.807, 2.05) is 12.1 Å². The minimum Gasteiger partial charge on any atom is -0.368 e. The third-order valence-corrected chi connectivity index (χ3v) is 1.39. The lowest BCUT2D eigenvalue weighted by Gasteiger charge is -2.13. The Morgan fingerprint density at radius 1 is 1.82 bits per heavy atom. The zero-order valence-electron chi connectivity index (χ0n) is 6.37. The van der Waals surface area contributed by atoms with Gasteiger partial charge in [0.05, 0.1) is 6.54 Å². The number of amides is 1. The van der Waals surface area contributed by atoms with Crippen LogP contribution in [0.2, 0.25) is 0 Å². The number of H-pyrrole nitrogens is 1. The normalized spacial score (nSPS) is 9.55. The number of carbonyl (C=O) groups excluding carboxylic acids is 1. The van der Waals surface area contributed by atoms with E-state index in [4.69, 9.17) is 5.73 Å². The summed E-state index contributed by atoms with van der Waals surface area (Å²) < 4.78 is 0. The molecule has 0 saturated carbocycles. The SMILES string of the molecule is CN(CC(N)=O)c1ccc[nH]1. The Kier molecular flexibility index (Phi) is 2.15. The Morgan fingerprint density at radius 2 is 2.55 bits per heavy atom. The zero-order chi connectivity index (χ0) is 8.27. The lowest BCUT2D eigenvalue weighted by molar-refractivity contribution is -0.116. The van der Waals surface area contributed by atoms with Crippen LogP contribution in [0, 0.1) is 0 Å². The number of anilines is 1. The Labute approximate surface area is 65.0 Å². The number of primary amides is 1. The van der Waals surface area contributed by atoms with Crippen LogP contribution >= 0.6 is 0 Å². The van der Waals surface area contributed by atoms with Crippen molar-refractivity contribution in [3.8, 4) is 0 Å². The van der Waals surface area contributed by atoms with E-state index in [2.05, 4.69) is 4.98 Å². The molecule has 0 unspecified atom stereocenters. The first-order valence-corrected chi connectivity index (χ1v) is 3.33. The maximum Gasteiger partial charge on any atom is 0.236 e. The van der Waals surface area contributed by atoms with Gasteiger partial charge in [0.1, 0.15) is 5.82 Å². The highest BCUT2D eigenvalue weighted by Crippen LogP contribution is 2.05. The number of nitrogens with two attached hydrogens (primary N) is 1. The van der Waals surface area contributed by atoms with Gasteiger partial charge >= 0.3 is 0 Å². The topological polar surface area (TPSA) is 62.1 Å². The van der Waals surface area contributed by atoms with Crippen molar-refractivity contribution in [1.29, 1.82) is 0 Å². The summed E-state index contributed by atoms with van der Waals surface area (Å²) in [6.07, 6.45) is 1.80. The van der Waals surface area contributed by atoms with Gasteiger partial charge in [0.25, 0.3) is 0 Å². The van der Waals surface area contributed by atoms with Crippen LogP contribution < -0.4 is 10.6 Å². The molecule has 4 heteroatoms. The van der Waals surface area contributed by atoms with Crippen molar-refractivity contribution in [1.82, 2.24) is 4.98 Å². The highest BCUT2D eigenvalue weighted by atomic mass is 16.1. The van der Waals surface area contributed by atoms with E-state index < -0.39 is 0 Å². The quantitative estimate of drug-likeness (QED) is 0.638. The van der Waals surface area contributed by atoms with Gasteiger partial charge in [-0.3, -0.25) is 4.79 Å². The molecule has 60 valence electrons. The fourth-order valence-corrected chi connectivity index (χ4v) is 0.877. The molecular weight excluding hydrogens is 142 g/mol. The number of likely N-dealkylation sites (N-methyl/N-ethyl adjacent to an activating group) is 1. The minimum atomic E-state index is -0.331. The number of carbonyl (C=O) groups is 1. The molecule has 1 amide bonds. The minimum absolute atomic E-state index is 0.237. The molecule has 0 aliphatic rings. The van der Waals surface area contributed by atoms with Gasteiger partial charge in [-0.05, 0) is 12.1 Å². The Hall–Kier alpha value is -1.45. The van der Waals surface area contributed by atoms with Crippen molar-refractivity contribution in [2.75, 3.05) is 18.5 Å². The highest BCUT2D eigenvalue weighted by Gasteiger charge is 2.02. The standard InChI is InChI=1S/C7H11N3O/c1-10(5-6(8)11)7-3-2-4-9-7/h2-4,9H,5H2,1H3,(H2,8,11). The number of hydrogen-bond acceptors (Lipinski definition) is 2. The van der Waals surface area contributed by atoms with Crippen LogP contribution in [-0.4, -0.2) is 24.5 Å². The number of aromatic amines is 1. The van der Waals surface area contributed by atoms with Crippen molar-refractivity contribution in [2.24, 2.45) is 5.73 Å². The number of aromatic nitrogens is 1. The molecule has 0 aliphatic carbocycles. The molecule has 1 heterocycles. The number of nitrogens with zero attached hydrogens (tertiary/aromatic N) is 1. The average Bonchev–Trinajstić information content (AvgIpc) is 2.35. The monoisotopic (exact) mass is 153 g/mol. The summed E-state index contributed by atoms with van der Waals surface area (Å²) >= 11 is 0. The number of nitrogens with one attached hydrogen (secondary N) is 1. The third-order valence-electron chi connectivity index (χ3n) is 1.39. The third kappa shape index (κ3) is 2.00. The molecule has 1 rings (SSSR count). The van der Waals surface area contributed by atoms with Crippen molar-refractivity contribution in [3.05, 3.63) is 18.3 Å². The molecule has 0 atom stereocenters. The Bertz CT molecular complexity index is 230. The molecule has 0 fully saturated rings. The molecule has 0 radical (unpaired) electrons. The van der Waals surface area contributed by atoms with E-state index in [0.29, 0.717) is 0 Å². The van der Waals surface area contributed by atoms with Crippen LogP contribution in [0.25, 0.3) is 0 Å². The molecule has 11 heavy (non-hydrogen) atoms. The molecule has 4 nitrogen and oxygen atoms in total. The summed E-state index contributed by atoms with van der Waals surface area (Å²) in [6.45, 7) is 0.237. The molecule has 3 N–H and O–H groups in total. The second-order valence-corrected chi connectivity index (χ2v) is 2.38. The molecule has 0 aromatic carbocycles. The highest BCUT2D eigenvalue weighted by molar-refractivity contribution is 5.78. The molecule has 1 aromatic rings. The second-order valence-electron chi connectivity index (χ2n) is 2.38. The summed E-state index contributed by atoms with van der Waals surface area (Å²) in [5.41, 5.74) is 5.00. The molecule has 1 aromatic heterocycles. The van der Waals surface area contributed by atoms with Gasteiger partial charge in [-0.2, -0.15) is 0 Å². The van der Waals surface area contributed by atoms with E-state index >= 15 is 0 Å². The van der Waals surface area contributed by atoms with Gasteiger partial charge in [-0.1, -0.05) is 0 Å². The van der Waals surface area contributed by atoms with Gasteiger partial charge < -0.3 is 15.6 Å². The first-order chi connectivity index (χ1) is 5.20. The maximum absolute atomic E-state index is 10.5. The van der Waals surface area contributed by atoms with Crippen molar-refractivity contribution >= 4 is 11.7 Å². The summed E-state index contributed by atoms with van der Waals surface area (Å²) in [5.74, 6) is 0.561. The average molecular weight is 153 g/mol. The predicted molar refractivity (Wildman–Crippen MR) is 43.3 cm³/mol. The van der Waals surface area contributed by atoms with Gasteiger partial charge in [0, 0.05) is 13.2 Å². The second kappa shape index (κ2) is 3.09. The lowest BCUT2D eigenvalue weighted by Crippen LogP contribution is -2.30. The largest absolute Gasteiger partial charge is 0.368 e. The van der Waals surface area contributed by atoms with Crippen LogP contribution in [0.15, 0.2) is 18.3 Å². The van der Waals surface area contributed by atoms with Crippen LogP contribution in [0.3, 0.4) is 0 Å². The van der Waals surface area contributed by atoms with Crippen molar-refractivity contribution in [2.45, 2.75) is 0 Å². The number of rotatable bonds is 3. The predicted octanol–water partition coefficient (Wildman–Crippen LogP) is -0.0638. The first kappa shape index (κ1) is 7.65. The fourth-order valence-electron chi connectivity index (χ4n) is 0.877. The van der Waals surface area contributed by atoms with Crippen LogP contribution in [0.5, 0.6) is 0 Å². The molecule has 0 aliphatic heterocycles. The first-order valence-electron chi connectivity index (χ1n) is 3.33. The van der Waals surface area contributed by atoms with E-state index in [1.54, 1.807) is 18.1 Å². The molecular formula is C7H11N3O. The maximum atomic E-state index is 10.5. The Balaban J connectivity index is 2.56. The molecule has 0 bridgehead atoms. The number of hydrogen-bond donors (Lipinski definition) is 2. The summed E-state index contributed by atoms with van der Waals surface area (Å²) in [6, 6.07) is 3.75. The molecule has 0 spiro atoms. The van der Waals surface area contributed by atoms with Gasteiger partial charge in [-0.25, -0.2) is 0 Å². The van der Waals surface area contributed by atoms with E-state index in [-0.39, 0.29) is 12.5 Å². The van der Waals surface area contributed by atoms with E-state index in [0.717, 1.165) is 5.82 Å². The summed E-state index contributed by atoms with van der Waals surface area (Å²) in [7, 11) is 1.80. The van der Waals surface area contributed by atoms with Crippen molar-refractivity contribution in [3.63, 3.8) is 0 Å². The van der Waals surface area contributed by atoms with Gasteiger partial charge in [0.15, 0.2) is 0 Å². The van der Waals surface area contributed by atoms with E-state index in [1.165, 1.54) is 0 Å². The summed E-state index contributed by atoms with van der Waals surface area (Å²) in [5, 5.41) is 0. The van der Waals surface area contributed by atoms with Crippen LogP contribution in [0.4, 0.5) is 5.82 Å². The molecule has 0 saturated heterocycles. The fraction of sp³-hybridized carbons (Fsp3) is 0.286. The lowest BCUT2D eigenvalue weighted by atomic mass is 10.5. The smallest absolute Gasteiger partial charge is 0.236 e. The van der Waals surface area contributed by atoms with E-state index in [9.17, 15) is 4.79 Å². The van der Waals surface area contributed by atoms with Gasteiger partial charge in [0.2, 0.25) is 5.91 Å². The summed E-state index contributed by atoms with van der Waals surface area (Å²) in [4.78, 5) is 15.2. The van der Waals surface area contributed by atoms with Crippen LogP contribution in [-0.2, 0) is 4.79 Å². The van der Waals surface area contributed by atoms with Crippen molar-refractivity contribution < 1.29 is 4.79 Å².